The van der Waals surface area contributed by atoms with Gasteiger partial charge in [0.2, 0.25) is 0 Å². The highest BCUT2D eigenvalue weighted by molar-refractivity contribution is 5.63. The van der Waals surface area contributed by atoms with E-state index >= 15 is 0 Å². The number of ether oxygens (including phenoxy) is 2. The molecule has 2 aromatic carbocycles. The zero-order chi connectivity index (χ0) is 18.2. The maximum Gasteiger partial charge on any atom is 0.163 e. The van der Waals surface area contributed by atoms with Crippen LogP contribution < -0.4 is 9.47 Å². The Labute approximate surface area is 152 Å². The van der Waals surface area contributed by atoms with E-state index in [0.717, 1.165) is 34.6 Å². The van der Waals surface area contributed by atoms with E-state index in [4.69, 9.17) is 9.47 Å². The number of hydrogen-bond acceptors (Lipinski definition) is 5. The summed E-state index contributed by atoms with van der Waals surface area (Å²) in [4.78, 5) is 19.6. The molecule has 0 fully saturated rings. The molecule has 0 spiro atoms. The lowest BCUT2D eigenvalue weighted by Crippen LogP contribution is -2.03. The van der Waals surface area contributed by atoms with Crippen LogP contribution in [0.25, 0.3) is 11.4 Å². The summed E-state index contributed by atoms with van der Waals surface area (Å²) in [7, 11) is 1.63. The lowest BCUT2D eigenvalue weighted by atomic mass is 10.1. The smallest absolute Gasteiger partial charge is 0.163 e. The SMILES string of the molecule is COc1ccccc1-c1nccc(COc2ccccc2CCC=O)n1. The average molecular weight is 348 g/mol. The summed E-state index contributed by atoms with van der Waals surface area (Å²) >= 11 is 0. The minimum absolute atomic E-state index is 0.322. The first-order valence-electron chi connectivity index (χ1n) is 8.41. The highest BCUT2D eigenvalue weighted by atomic mass is 16.5. The zero-order valence-electron chi connectivity index (χ0n) is 14.6. The molecule has 0 aliphatic heterocycles. The van der Waals surface area contributed by atoms with Crippen molar-refractivity contribution in [1.82, 2.24) is 9.97 Å². The summed E-state index contributed by atoms with van der Waals surface area (Å²) < 4.78 is 11.3. The first kappa shape index (κ1) is 17.6. The van der Waals surface area contributed by atoms with Crippen molar-refractivity contribution in [3.05, 3.63) is 72.1 Å². The van der Waals surface area contributed by atoms with Crippen molar-refractivity contribution in [3.63, 3.8) is 0 Å². The fraction of sp³-hybridized carbons (Fsp3) is 0.190. The normalized spacial score (nSPS) is 10.3. The summed E-state index contributed by atoms with van der Waals surface area (Å²) in [5.41, 5.74) is 2.62. The minimum atomic E-state index is 0.322. The molecule has 132 valence electrons. The second-order valence-corrected chi connectivity index (χ2v) is 5.67. The van der Waals surface area contributed by atoms with Gasteiger partial charge in [-0.1, -0.05) is 30.3 Å². The molecule has 0 unspecified atom stereocenters. The first-order valence-corrected chi connectivity index (χ1v) is 8.41. The molecule has 0 radical (unpaired) electrons. The Morgan fingerprint density at radius 1 is 1.00 bits per heavy atom. The fourth-order valence-electron chi connectivity index (χ4n) is 2.65. The third-order valence-corrected chi connectivity index (χ3v) is 3.94. The van der Waals surface area contributed by atoms with Crippen LogP contribution in [0.15, 0.2) is 60.8 Å². The lowest BCUT2D eigenvalue weighted by molar-refractivity contribution is -0.107. The number of aryl methyl sites for hydroxylation is 1. The Morgan fingerprint density at radius 2 is 1.77 bits per heavy atom. The standard InChI is InChI=1S/C21H20N2O3/c1-25-20-11-5-3-9-18(20)21-22-13-12-17(23-21)15-26-19-10-4-2-7-16(19)8-6-14-24/h2-5,7,9-14H,6,8,15H2,1H3. The molecule has 0 saturated heterocycles. The lowest BCUT2D eigenvalue weighted by Gasteiger charge is -2.11. The molecule has 1 aromatic heterocycles. The molecule has 1 heterocycles. The molecule has 0 atom stereocenters. The van der Waals surface area contributed by atoms with Gasteiger partial charge in [-0.2, -0.15) is 0 Å². The second-order valence-electron chi connectivity index (χ2n) is 5.67. The van der Waals surface area contributed by atoms with Crippen molar-refractivity contribution in [2.45, 2.75) is 19.4 Å². The molecule has 26 heavy (non-hydrogen) atoms. The summed E-state index contributed by atoms with van der Waals surface area (Å²) in [5.74, 6) is 2.09. The van der Waals surface area contributed by atoms with Crippen molar-refractivity contribution < 1.29 is 14.3 Å². The van der Waals surface area contributed by atoms with Crippen LogP contribution in [0.3, 0.4) is 0 Å². The second kappa shape index (κ2) is 8.76. The highest BCUT2D eigenvalue weighted by Crippen LogP contribution is 2.27. The van der Waals surface area contributed by atoms with E-state index in [-0.39, 0.29) is 0 Å². The van der Waals surface area contributed by atoms with Crippen LogP contribution in [0.5, 0.6) is 11.5 Å². The van der Waals surface area contributed by atoms with Crippen molar-refractivity contribution in [2.75, 3.05) is 7.11 Å². The van der Waals surface area contributed by atoms with Gasteiger partial charge >= 0.3 is 0 Å². The fourth-order valence-corrected chi connectivity index (χ4v) is 2.65. The molecule has 0 amide bonds. The number of benzene rings is 2. The number of rotatable bonds is 8. The molecule has 0 aliphatic rings. The number of hydrogen-bond donors (Lipinski definition) is 0. The first-order chi connectivity index (χ1) is 12.8. The quantitative estimate of drug-likeness (QED) is 0.579. The number of carbonyl (C=O) groups is 1. The molecule has 5 nitrogen and oxygen atoms in total. The molecule has 3 rings (SSSR count). The monoisotopic (exact) mass is 348 g/mol. The molecule has 5 heteroatoms. The van der Waals surface area contributed by atoms with Crippen molar-refractivity contribution >= 4 is 6.29 Å². The summed E-state index contributed by atoms with van der Waals surface area (Å²) in [6, 6.07) is 17.2. The number of aromatic nitrogens is 2. The summed E-state index contributed by atoms with van der Waals surface area (Å²) in [5, 5.41) is 0. The largest absolute Gasteiger partial charge is 0.496 e. The molecule has 0 aliphatic carbocycles. The van der Waals surface area contributed by atoms with E-state index in [1.165, 1.54) is 0 Å². The summed E-state index contributed by atoms with van der Waals surface area (Å²) in [6.45, 7) is 0.322. The van der Waals surface area contributed by atoms with E-state index < -0.39 is 0 Å². The van der Waals surface area contributed by atoms with Crippen LogP contribution in [0.4, 0.5) is 0 Å². The average Bonchev–Trinajstić information content (AvgIpc) is 2.71. The molecular formula is C21H20N2O3. The topological polar surface area (TPSA) is 61.3 Å². The van der Waals surface area contributed by atoms with E-state index in [0.29, 0.717) is 25.3 Å². The van der Waals surface area contributed by atoms with Crippen molar-refractivity contribution in [3.8, 4) is 22.9 Å². The number of aldehydes is 1. The van der Waals surface area contributed by atoms with Gasteiger partial charge in [0.15, 0.2) is 5.82 Å². The molecular weight excluding hydrogens is 328 g/mol. The predicted octanol–water partition coefficient (Wildman–Crippen LogP) is 3.86. The van der Waals surface area contributed by atoms with Gasteiger partial charge in [0.25, 0.3) is 0 Å². The molecule has 0 saturated carbocycles. The van der Waals surface area contributed by atoms with Gasteiger partial charge < -0.3 is 14.3 Å². The van der Waals surface area contributed by atoms with Gasteiger partial charge in [0.05, 0.1) is 18.4 Å². The van der Waals surface area contributed by atoms with E-state index in [1.54, 1.807) is 13.3 Å². The van der Waals surface area contributed by atoms with Gasteiger partial charge in [-0.3, -0.25) is 0 Å². The van der Waals surface area contributed by atoms with Crippen LogP contribution in [0, 0.1) is 0 Å². The van der Waals surface area contributed by atoms with Crippen LogP contribution in [-0.2, 0) is 17.8 Å². The van der Waals surface area contributed by atoms with Gasteiger partial charge in [0, 0.05) is 12.6 Å². The highest BCUT2D eigenvalue weighted by Gasteiger charge is 2.09. The van der Waals surface area contributed by atoms with Gasteiger partial charge in [0.1, 0.15) is 24.4 Å². The van der Waals surface area contributed by atoms with Gasteiger partial charge in [-0.25, -0.2) is 9.97 Å². The van der Waals surface area contributed by atoms with Crippen molar-refractivity contribution in [2.24, 2.45) is 0 Å². The van der Waals surface area contributed by atoms with Crippen LogP contribution in [0.2, 0.25) is 0 Å². The van der Waals surface area contributed by atoms with Gasteiger partial charge in [-0.05, 0) is 36.2 Å². The Morgan fingerprint density at radius 3 is 2.58 bits per heavy atom. The Bertz CT molecular complexity index is 880. The molecule has 0 bridgehead atoms. The third kappa shape index (κ3) is 4.25. The number of methoxy groups -OCH3 is 1. The van der Waals surface area contributed by atoms with E-state index in [9.17, 15) is 4.79 Å². The number of nitrogens with zero attached hydrogens (tertiary/aromatic N) is 2. The van der Waals surface area contributed by atoms with E-state index in [2.05, 4.69) is 9.97 Å². The predicted molar refractivity (Wildman–Crippen MR) is 99.2 cm³/mol. The zero-order valence-corrected chi connectivity index (χ0v) is 14.6. The Kier molecular flexibility index (Phi) is 5.93. The number of para-hydroxylation sites is 2. The summed E-state index contributed by atoms with van der Waals surface area (Å²) in [6.07, 6.45) is 3.77. The molecule has 0 N–H and O–H groups in total. The van der Waals surface area contributed by atoms with E-state index in [1.807, 2.05) is 54.6 Å². The van der Waals surface area contributed by atoms with Gasteiger partial charge in [-0.15, -0.1) is 0 Å². The minimum Gasteiger partial charge on any atom is -0.496 e. The Hall–Kier alpha value is -3.21. The Balaban J connectivity index is 1.77. The molecule has 3 aromatic rings. The number of carbonyl (C=O) groups excluding carboxylic acids is 1. The maximum absolute atomic E-state index is 10.6. The van der Waals surface area contributed by atoms with Crippen LogP contribution in [-0.4, -0.2) is 23.4 Å². The maximum atomic E-state index is 10.6. The van der Waals surface area contributed by atoms with Crippen molar-refractivity contribution in [1.29, 1.82) is 0 Å². The van der Waals surface area contributed by atoms with Crippen LogP contribution >= 0.6 is 0 Å². The third-order valence-electron chi connectivity index (χ3n) is 3.94. The van der Waals surface area contributed by atoms with Crippen LogP contribution in [0.1, 0.15) is 17.7 Å².